The summed E-state index contributed by atoms with van der Waals surface area (Å²) in [4.78, 5) is 2.48. The van der Waals surface area contributed by atoms with Gasteiger partial charge in [0.25, 0.3) is 0 Å². The summed E-state index contributed by atoms with van der Waals surface area (Å²) in [5.41, 5.74) is 4.42. The summed E-state index contributed by atoms with van der Waals surface area (Å²) in [5, 5.41) is 9.80. The van der Waals surface area contributed by atoms with E-state index in [-0.39, 0.29) is 12.0 Å². The van der Waals surface area contributed by atoms with Crippen molar-refractivity contribution in [2.75, 3.05) is 24.6 Å². The fourth-order valence-corrected chi connectivity index (χ4v) is 3.63. The highest BCUT2D eigenvalue weighted by atomic mass is 16.3. The molecule has 1 unspecified atom stereocenters. The van der Waals surface area contributed by atoms with Crippen molar-refractivity contribution < 1.29 is 5.11 Å². The third-order valence-corrected chi connectivity index (χ3v) is 5.33. The molecule has 0 saturated heterocycles. The number of nitrogens with zero attached hydrogens (tertiary/aromatic N) is 1. The van der Waals surface area contributed by atoms with E-state index in [0.717, 1.165) is 19.5 Å². The number of anilines is 1. The molecule has 1 aliphatic rings. The highest BCUT2D eigenvalue weighted by molar-refractivity contribution is 5.60. The average molecular weight is 303 g/mol. The molecule has 0 fully saturated rings. The van der Waals surface area contributed by atoms with Crippen LogP contribution in [0.4, 0.5) is 5.69 Å². The van der Waals surface area contributed by atoms with E-state index in [1.54, 1.807) is 0 Å². The monoisotopic (exact) mass is 303 g/mol. The van der Waals surface area contributed by atoms with Gasteiger partial charge in [-0.25, -0.2) is 0 Å². The van der Waals surface area contributed by atoms with Crippen molar-refractivity contribution in [3.05, 3.63) is 29.3 Å². The van der Waals surface area contributed by atoms with Gasteiger partial charge in [0, 0.05) is 31.3 Å². The smallest absolute Gasteiger partial charge is 0.0499 e. The van der Waals surface area contributed by atoms with Crippen LogP contribution in [-0.4, -0.2) is 24.8 Å². The molecule has 124 valence electrons. The van der Waals surface area contributed by atoms with Crippen molar-refractivity contribution in [2.45, 2.75) is 71.1 Å². The molecule has 1 N–H and O–H groups in total. The Hall–Kier alpha value is -1.02. The fourth-order valence-electron chi connectivity index (χ4n) is 3.63. The minimum Gasteiger partial charge on any atom is -0.396 e. The maximum Gasteiger partial charge on any atom is 0.0499 e. The summed E-state index contributed by atoms with van der Waals surface area (Å²) in [6.45, 7) is 11.7. The molecule has 1 atom stereocenters. The lowest BCUT2D eigenvalue weighted by Crippen LogP contribution is -2.37. The lowest BCUT2D eigenvalue weighted by molar-refractivity contribution is 0.256. The summed E-state index contributed by atoms with van der Waals surface area (Å²) >= 11 is 0. The third kappa shape index (κ3) is 3.65. The van der Waals surface area contributed by atoms with Crippen molar-refractivity contribution in [2.24, 2.45) is 0 Å². The molecule has 0 aliphatic carbocycles. The number of benzene rings is 1. The highest BCUT2D eigenvalue weighted by Crippen LogP contribution is 2.41. The van der Waals surface area contributed by atoms with Crippen molar-refractivity contribution in [1.29, 1.82) is 0 Å². The van der Waals surface area contributed by atoms with E-state index >= 15 is 0 Å². The van der Waals surface area contributed by atoms with Gasteiger partial charge >= 0.3 is 0 Å². The van der Waals surface area contributed by atoms with E-state index in [4.69, 9.17) is 0 Å². The van der Waals surface area contributed by atoms with Gasteiger partial charge < -0.3 is 10.0 Å². The van der Waals surface area contributed by atoms with Gasteiger partial charge in [-0.2, -0.15) is 0 Å². The molecule has 1 aromatic carbocycles. The van der Waals surface area contributed by atoms with Gasteiger partial charge in [0.2, 0.25) is 0 Å². The van der Waals surface area contributed by atoms with Crippen molar-refractivity contribution in [3.8, 4) is 0 Å². The first kappa shape index (κ1) is 17.3. The van der Waals surface area contributed by atoms with Gasteiger partial charge in [-0.05, 0) is 42.4 Å². The summed E-state index contributed by atoms with van der Waals surface area (Å²) < 4.78 is 0. The van der Waals surface area contributed by atoms with Crippen LogP contribution in [0.25, 0.3) is 0 Å². The van der Waals surface area contributed by atoms with Crippen LogP contribution in [0.15, 0.2) is 18.2 Å². The summed E-state index contributed by atoms with van der Waals surface area (Å²) in [6, 6.07) is 6.91. The molecular formula is C20H33NO. The Morgan fingerprint density at radius 1 is 1.23 bits per heavy atom. The molecule has 2 nitrogen and oxygen atoms in total. The molecule has 22 heavy (non-hydrogen) atoms. The largest absolute Gasteiger partial charge is 0.396 e. The van der Waals surface area contributed by atoms with Crippen LogP contribution < -0.4 is 4.90 Å². The second-order valence-electron chi connectivity index (χ2n) is 7.37. The summed E-state index contributed by atoms with van der Waals surface area (Å²) in [7, 11) is 0. The first-order valence-electron chi connectivity index (χ1n) is 9.03. The molecule has 1 aromatic rings. The topological polar surface area (TPSA) is 23.5 Å². The van der Waals surface area contributed by atoms with Crippen molar-refractivity contribution >= 4 is 5.69 Å². The number of aliphatic hydroxyl groups is 1. The molecule has 0 radical (unpaired) electrons. The molecule has 0 saturated carbocycles. The maximum atomic E-state index is 9.80. The van der Waals surface area contributed by atoms with E-state index in [2.05, 4.69) is 50.8 Å². The van der Waals surface area contributed by atoms with Crippen molar-refractivity contribution in [1.82, 2.24) is 0 Å². The summed E-state index contributed by atoms with van der Waals surface area (Å²) in [5.74, 6) is 0.296. The number of fused-ring (bicyclic) bond motifs is 1. The number of hydrogen-bond acceptors (Lipinski definition) is 2. The second-order valence-corrected chi connectivity index (χ2v) is 7.37. The minimum absolute atomic E-state index is 0.237. The number of hydrogen-bond donors (Lipinski definition) is 1. The average Bonchev–Trinajstić information content (AvgIpc) is 2.52. The molecule has 2 rings (SSSR count). The number of aliphatic hydroxyl groups excluding tert-OH is 1. The van der Waals surface area contributed by atoms with Gasteiger partial charge in [0.05, 0.1) is 0 Å². The van der Waals surface area contributed by atoms with Crippen LogP contribution >= 0.6 is 0 Å². The van der Waals surface area contributed by atoms with Gasteiger partial charge in [-0.15, -0.1) is 0 Å². The molecule has 0 aromatic heterocycles. The van der Waals surface area contributed by atoms with Crippen LogP contribution in [-0.2, 0) is 5.41 Å². The molecule has 0 amide bonds. The highest BCUT2D eigenvalue weighted by Gasteiger charge is 2.31. The Balaban J connectivity index is 2.28. The Kier molecular flexibility index (Phi) is 5.91. The van der Waals surface area contributed by atoms with E-state index in [9.17, 15) is 5.11 Å². The Morgan fingerprint density at radius 3 is 2.64 bits per heavy atom. The zero-order valence-corrected chi connectivity index (χ0v) is 14.9. The molecule has 1 heterocycles. The molecule has 2 heteroatoms. The molecule has 1 aliphatic heterocycles. The van der Waals surface area contributed by atoms with E-state index in [1.165, 1.54) is 42.5 Å². The predicted octanol–water partition coefficient (Wildman–Crippen LogP) is 4.85. The normalized spacial score (nSPS) is 18.1. The van der Waals surface area contributed by atoms with E-state index < -0.39 is 0 Å². The number of rotatable bonds is 7. The predicted molar refractivity (Wildman–Crippen MR) is 95.9 cm³/mol. The fraction of sp³-hybridized carbons (Fsp3) is 0.700. The van der Waals surface area contributed by atoms with Crippen LogP contribution in [0.2, 0.25) is 0 Å². The lowest BCUT2D eigenvalue weighted by atomic mass is 9.76. The Labute approximate surface area is 136 Å². The number of unbranched alkanes of at least 4 members (excludes halogenated alkanes) is 2. The molecule has 0 bridgehead atoms. The zero-order chi connectivity index (χ0) is 16.2. The van der Waals surface area contributed by atoms with Crippen molar-refractivity contribution in [3.63, 3.8) is 0 Å². The standard InChI is InChI=1S/C20H33NO/c1-5-7-8-9-17(15-22)16-10-11-19-18(14-16)20(3,4)12-13-21(19)6-2/h10-11,14,17,22H,5-9,12-13,15H2,1-4H3. The van der Waals surface area contributed by atoms with Crippen LogP contribution in [0, 0.1) is 0 Å². The van der Waals surface area contributed by atoms with Crippen LogP contribution in [0.1, 0.15) is 76.8 Å². The van der Waals surface area contributed by atoms with E-state index in [0.29, 0.717) is 5.92 Å². The van der Waals surface area contributed by atoms with Gasteiger partial charge in [-0.3, -0.25) is 0 Å². The molecule has 0 spiro atoms. The Bertz CT molecular complexity index is 481. The zero-order valence-electron chi connectivity index (χ0n) is 14.9. The first-order chi connectivity index (χ1) is 10.5. The second kappa shape index (κ2) is 7.50. The van der Waals surface area contributed by atoms with Gasteiger partial charge in [0.15, 0.2) is 0 Å². The van der Waals surface area contributed by atoms with Gasteiger partial charge in [0.1, 0.15) is 0 Å². The summed E-state index contributed by atoms with van der Waals surface area (Å²) in [6.07, 6.45) is 6.01. The lowest BCUT2D eigenvalue weighted by Gasteiger charge is -2.40. The third-order valence-electron chi connectivity index (χ3n) is 5.33. The SMILES string of the molecule is CCCCCC(CO)c1ccc2c(c1)C(C)(C)CCN2CC. The molecular weight excluding hydrogens is 270 g/mol. The first-order valence-corrected chi connectivity index (χ1v) is 9.03. The van der Waals surface area contributed by atoms with E-state index in [1.807, 2.05) is 0 Å². The van der Waals surface area contributed by atoms with Gasteiger partial charge in [-0.1, -0.05) is 52.2 Å². The quantitative estimate of drug-likeness (QED) is 0.728. The minimum atomic E-state index is 0.237. The Morgan fingerprint density at radius 2 is 2.00 bits per heavy atom. The maximum absolute atomic E-state index is 9.80. The van der Waals surface area contributed by atoms with Crippen LogP contribution in [0.3, 0.4) is 0 Å². The van der Waals surface area contributed by atoms with Crippen LogP contribution in [0.5, 0.6) is 0 Å².